The summed E-state index contributed by atoms with van der Waals surface area (Å²) in [6.45, 7) is 9.14. The Hall–Kier alpha value is -1.22. The fourth-order valence-corrected chi connectivity index (χ4v) is 4.40. The summed E-state index contributed by atoms with van der Waals surface area (Å²) in [6, 6.07) is 0. The molecule has 0 aliphatic heterocycles. The molecule has 1 amide bonds. The summed E-state index contributed by atoms with van der Waals surface area (Å²) in [5.74, 6) is -1.64. The Bertz CT molecular complexity index is 344. The molecule has 2 N–H and O–H groups in total. The lowest BCUT2D eigenvalue weighted by Gasteiger charge is -2.33. The molecule has 0 aliphatic carbocycles. The molecule has 0 aromatic heterocycles. The molecular formula is C13H25NO6Si. The fourth-order valence-electron chi connectivity index (χ4n) is 1.74. The van der Waals surface area contributed by atoms with Crippen molar-refractivity contribution in [2.24, 2.45) is 0 Å². The lowest BCUT2D eigenvalue weighted by molar-refractivity contribution is -0.131. The van der Waals surface area contributed by atoms with E-state index >= 15 is 0 Å². The average molecular weight is 319 g/mol. The predicted molar refractivity (Wildman–Crippen MR) is 79.8 cm³/mol. The third-order valence-corrected chi connectivity index (χ3v) is 6.08. The van der Waals surface area contributed by atoms with Crippen LogP contribution in [0.4, 0.5) is 0 Å². The Morgan fingerprint density at radius 3 is 1.95 bits per heavy atom. The van der Waals surface area contributed by atoms with Crippen LogP contribution in [0.1, 0.15) is 27.7 Å². The van der Waals surface area contributed by atoms with Crippen LogP contribution < -0.4 is 5.32 Å². The van der Waals surface area contributed by atoms with Gasteiger partial charge < -0.3 is 23.7 Å². The summed E-state index contributed by atoms with van der Waals surface area (Å²) in [5, 5.41) is 11.1. The molecule has 0 spiro atoms. The van der Waals surface area contributed by atoms with Gasteiger partial charge in [-0.15, -0.1) is 0 Å². The van der Waals surface area contributed by atoms with Crippen LogP contribution in [0.15, 0.2) is 12.2 Å². The molecule has 0 fully saturated rings. The van der Waals surface area contributed by atoms with Crippen molar-refractivity contribution in [3.63, 3.8) is 0 Å². The quantitative estimate of drug-likeness (QED) is 0.439. The summed E-state index contributed by atoms with van der Waals surface area (Å²) in [5.41, 5.74) is -0.139. The second-order valence-electron chi connectivity index (χ2n) is 4.22. The average Bonchev–Trinajstić information content (AvgIpc) is 2.43. The van der Waals surface area contributed by atoms with E-state index in [2.05, 4.69) is 5.32 Å². The first kappa shape index (κ1) is 19.8. The molecule has 0 heterocycles. The molecule has 0 rings (SSSR count). The van der Waals surface area contributed by atoms with Crippen LogP contribution >= 0.6 is 0 Å². The number of hydrogen-bond acceptors (Lipinski definition) is 5. The second-order valence-corrected chi connectivity index (χ2v) is 7.28. The number of hydrogen-bond donors (Lipinski definition) is 2. The van der Waals surface area contributed by atoms with Gasteiger partial charge in [0.05, 0.1) is 0 Å². The van der Waals surface area contributed by atoms with E-state index in [1.165, 1.54) is 0 Å². The zero-order valence-electron chi connectivity index (χ0n) is 13.0. The highest BCUT2D eigenvalue weighted by atomic mass is 28.4. The number of carbonyl (C=O) groups excluding carboxylic acids is 1. The number of rotatable bonds is 11. The van der Waals surface area contributed by atoms with Gasteiger partial charge in [0.15, 0.2) is 0 Å². The largest absolute Gasteiger partial charge is 0.505 e. The lowest BCUT2D eigenvalue weighted by Crippen LogP contribution is -2.52. The molecule has 8 heteroatoms. The number of nitrogens with one attached hydrogen (secondary N) is 1. The monoisotopic (exact) mass is 319 g/mol. The van der Waals surface area contributed by atoms with Crippen LogP contribution in [0.2, 0.25) is 5.54 Å². The third kappa shape index (κ3) is 7.37. The molecule has 0 aliphatic rings. The molecule has 1 unspecified atom stereocenters. The van der Waals surface area contributed by atoms with Gasteiger partial charge in [-0.3, -0.25) is 4.79 Å². The van der Waals surface area contributed by atoms with Crippen molar-refractivity contribution in [3.05, 3.63) is 12.2 Å². The molecule has 21 heavy (non-hydrogen) atoms. The van der Waals surface area contributed by atoms with Gasteiger partial charge >= 0.3 is 14.8 Å². The van der Waals surface area contributed by atoms with E-state index in [9.17, 15) is 9.59 Å². The van der Waals surface area contributed by atoms with Crippen LogP contribution in [0.5, 0.6) is 0 Å². The highest BCUT2D eigenvalue weighted by Gasteiger charge is 2.46. The van der Waals surface area contributed by atoms with Gasteiger partial charge in [0.25, 0.3) is 0 Å². The van der Waals surface area contributed by atoms with Crippen LogP contribution in [-0.2, 0) is 22.9 Å². The van der Waals surface area contributed by atoms with Crippen LogP contribution in [0, 0.1) is 0 Å². The third-order valence-electron chi connectivity index (χ3n) is 2.60. The van der Waals surface area contributed by atoms with Crippen molar-refractivity contribution in [3.8, 4) is 0 Å². The maximum Gasteiger partial charge on any atom is 0.505 e. The molecule has 0 saturated carbocycles. The Morgan fingerprint density at radius 2 is 1.57 bits per heavy atom. The van der Waals surface area contributed by atoms with E-state index in [1.54, 1.807) is 0 Å². The molecule has 0 aromatic rings. The Morgan fingerprint density at radius 1 is 1.10 bits per heavy atom. The molecule has 0 bridgehead atoms. The Labute approximate surface area is 126 Å². The lowest BCUT2D eigenvalue weighted by atomic mass is 10.4. The number of carboxylic acids is 1. The molecule has 0 saturated heterocycles. The summed E-state index contributed by atoms with van der Waals surface area (Å²) in [4.78, 5) is 21.8. The highest BCUT2D eigenvalue weighted by Crippen LogP contribution is 2.25. The Kier molecular flexibility index (Phi) is 9.88. The van der Waals surface area contributed by atoms with Crippen molar-refractivity contribution in [1.29, 1.82) is 0 Å². The molecule has 0 radical (unpaired) electrons. The highest BCUT2D eigenvalue weighted by molar-refractivity contribution is 6.62. The van der Waals surface area contributed by atoms with Crippen molar-refractivity contribution < 1.29 is 28.0 Å². The van der Waals surface area contributed by atoms with Gasteiger partial charge in [-0.1, -0.05) is 6.92 Å². The van der Waals surface area contributed by atoms with E-state index < -0.39 is 20.7 Å². The topological polar surface area (TPSA) is 94.1 Å². The number of carboxylic acid groups (broad SMARTS) is 1. The summed E-state index contributed by atoms with van der Waals surface area (Å²) in [7, 11) is -2.87. The summed E-state index contributed by atoms with van der Waals surface area (Å²) < 4.78 is 17.2. The van der Waals surface area contributed by atoms with Crippen LogP contribution in [0.25, 0.3) is 0 Å². The minimum Gasteiger partial charge on any atom is -0.478 e. The SMILES string of the molecule is CCO[Si](OCC)(OCC)C(C)CNC(=O)C=CC(=O)O. The van der Waals surface area contributed by atoms with Gasteiger partial charge in [0.2, 0.25) is 5.91 Å². The zero-order chi connectivity index (χ0) is 16.3. The van der Waals surface area contributed by atoms with Gasteiger partial charge in [-0.2, -0.15) is 0 Å². The van der Waals surface area contributed by atoms with Crippen molar-refractivity contribution in [2.75, 3.05) is 26.4 Å². The smallest absolute Gasteiger partial charge is 0.478 e. The zero-order valence-corrected chi connectivity index (χ0v) is 14.0. The van der Waals surface area contributed by atoms with E-state index in [0.717, 1.165) is 12.2 Å². The maximum atomic E-state index is 11.5. The molecule has 7 nitrogen and oxygen atoms in total. The van der Waals surface area contributed by atoms with E-state index in [0.29, 0.717) is 19.8 Å². The van der Waals surface area contributed by atoms with E-state index in [-0.39, 0.29) is 12.1 Å². The Balaban J connectivity index is 4.69. The van der Waals surface area contributed by atoms with E-state index in [1.807, 2.05) is 27.7 Å². The number of carbonyl (C=O) groups is 2. The molecule has 122 valence electrons. The van der Waals surface area contributed by atoms with E-state index in [4.69, 9.17) is 18.4 Å². The van der Waals surface area contributed by atoms with Gasteiger partial charge in [0.1, 0.15) is 0 Å². The molecule has 0 aromatic carbocycles. The first-order valence-electron chi connectivity index (χ1n) is 7.02. The van der Waals surface area contributed by atoms with Crippen molar-refractivity contribution in [1.82, 2.24) is 5.32 Å². The maximum absolute atomic E-state index is 11.5. The van der Waals surface area contributed by atoms with Crippen LogP contribution in [0.3, 0.4) is 0 Å². The summed E-state index contributed by atoms with van der Waals surface area (Å²) >= 11 is 0. The number of amides is 1. The number of aliphatic carboxylic acids is 1. The van der Waals surface area contributed by atoms with Crippen molar-refractivity contribution >= 4 is 20.7 Å². The van der Waals surface area contributed by atoms with Crippen molar-refractivity contribution in [2.45, 2.75) is 33.2 Å². The molecule has 1 atom stereocenters. The van der Waals surface area contributed by atoms with Gasteiger partial charge in [-0.25, -0.2) is 4.79 Å². The fraction of sp³-hybridized carbons (Fsp3) is 0.692. The normalized spacial score (nSPS) is 13.3. The minimum atomic E-state index is -2.87. The standard InChI is InChI=1S/C13H25NO6Si/c1-5-18-21(19-6-2,20-7-3)11(4)10-14-12(15)8-9-13(16)17/h8-9,11H,5-7,10H2,1-4H3,(H,14,15)(H,16,17). The first-order valence-corrected chi connectivity index (χ1v) is 8.82. The minimum absolute atomic E-state index is 0.139. The second kappa shape index (κ2) is 10.5. The molecular weight excluding hydrogens is 294 g/mol. The first-order chi connectivity index (χ1) is 9.91. The predicted octanol–water partition coefficient (Wildman–Crippen LogP) is 1.18. The van der Waals surface area contributed by atoms with Gasteiger partial charge in [0, 0.05) is 44.1 Å². The van der Waals surface area contributed by atoms with Crippen LogP contribution in [-0.4, -0.2) is 52.2 Å². The van der Waals surface area contributed by atoms with Gasteiger partial charge in [-0.05, 0) is 20.8 Å². The summed E-state index contributed by atoms with van der Waals surface area (Å²) in [6.07, 6.45) is 1.76.